The average Bonchev–Trinajstić information content (AvgIpc) is 2.95. The molecule has 216 valence electrons. The smallest absolute Gasteiger partial charge is 0.260 e. The fourth-order valence-corrected chi connectivity index (χ4v) is 3.69. The molecule has 41 heavy (non-hydrogen) atoms. The van der Waals surface area contributed by atoms with E-state index < -0.39 is 0 Å². The summed E-state index contributed by atoms with van der Waals surface area (Å²) in [5, 5.41) is 12.0. The second-order valence-electron chi connectivity index (χ2n) is 9.63. The minimum atomic E-state index is -0.384. The number of aromatic nitrogens is 3. The van der Waals surface area contributed by atoms with Gasteiger partial charge in [-0.15, -0.1) is 0 Å². The standard InChI is InChI=1S/C30H38N8O3/c1-4-15-32-28-26(21-34-30(37-28)33-18-14-22-12-16-31-17-13-22)29(41)36-24-8-5-7-23(20-24)35-27(40)11-10-25(39)9-6-19-38(2)3/h5-9,12-13,16-17,20-21H,4,10-11,14-15,18-19H2,1-3H3,(H,35,40)(H,36,41)(H2,32,33,34,37)/b9-6+. The van der Waals surface area contributed by atoms with Gasteiger partial charge in [-0.1, -0.05) is 19.1 Å². The van der Waals surface area contributed by atoms with E-state index in [-0.39, 0.29) is 30.4 Å². The van der Waals surface area contributed by atoms with Crippen molar-refractivity contribution >= 4 is 40.7 Å². The Morgan fingerprint density at radius 3 is 2.44 bits per heavy atom. The Morgan fingerprint density at radius 2 is 1.71 bits per heavy atom. The highest BCUT2D eigenvalue weighted by Gasteiger charge is 2.16. The molecule has 3 aromatic rings. The summed E-state index contributed by atoms with van der Waals surface area (Å²) in [6, 6.07) is 10.7. The molecule has 0 saturated heterocycles. The lowest BCUT2D eigenvalue weighted by Crippen LogP contribution is -2.18. The molecule has 0 radical (unpaired) electrons. The molecule has 0 unspecified atom stereocenters. The number of likely N-dealkylation sites (N-methyl/N-ethyl adjacent to an activating group) is 1. The summed E-state index contributed by atoms with van der Waals surface area (Å²) >= 11 is 0. The lowest BCUT2D eigenvalue weighted by atomic mass is 10.2. The molecule has 2 aromatic heterocycles. The van der Waals surface area contributed by atoms with Gasteiger partial charge in [0.05, 0.1) is 0 Å². The number of benzene rings is 1. The quantitative estimate of drug-likeness (QED) is 0.192. The molecule has 2 heterocycles. The van der Waals surface area contributed by atoms with Crippen LogP contribution in [-0.4, -0.2) is 71.2 Å². The van der Waals surface area contributed by atoms with Gasteiger partial charge in [0.25, 0.3) is 5.91 Å². The summed E-state index contributed by atoms with van der Waals surface area (Å²) in [7, 11) is 3.82. The molecule has 0 spiro atoms. The zero-order chi connectivity index (χ0) is 29.5. The first kappa shape index (κ1) is 30.9. The molecule has 0 atom stereocenters. The van der Waals surface area contributed by atoms with Gasteiger partial charge in [-0.2, -0.15) is 4.98 Å². The number of ketones is 1. The van der Waals surface area contributed by atoms with Gasteiger partial charge in [-0.25, -0.2) is 4.98 Å². The van der Waals surface area contributed by atoms with Crippen molar-refractivity contribution in [2.45, 2.75) is 32.6 Å². The molecular weight excluding hydrogens is 520 g/mol. The van der Waals surface area contributed by atoms with Gasteiger partial charge < -0.3 is 26.2 Å². The Hall–Kier alpha value is -4.64. The van der Waals surface area contributed by atoms with Crippen molar-refractivity contribution in [1.29, 1.82) is 0 Å². The Balaban J connectivity index is 1.58. The van der Waals surface area contributed by atoms with E-state index in [1.165, 1.54) is 12.3 Å². The van der Waals surface area contributed by atoms with E-state index in [4.69, 9.17) is 0 Å². The zero-order valence-electron chi connectivity index (χ0n) is 23.8. The topological polar surface area (TPSA) is 141 Å². The molecule has 0 fully saturated rings. The van der Waals surface area contributed by atoms with E-state index in [1.807, 2.05) is 38.1 Å². The number of hydrogen-bond donors (Lipinski definition) is 4. The molecule has 4 N–H and O–H groups in total. The van der Waals surface area contributed by atoms with E-state index >= 15 is 0 Å². The molecule has 0 bridgehead atoms. The molecule has 0 saturated carbocycles. The van der Waals surface area contributed by atoms with Crippen LogP contribution in [0.4, 0.5) is 23.1 Å². The van der Waals surface area contributed by atoms with E-state index in [0.717, 1.165) is 18.4 Å². The van der Waals surface area contributed by atoms with Crippen molar-refractivity contribution in [3.8, 4) is 0 Å². The molecule has 11 nitrogen and oxygen atoms in total. The fraction of sp³-hybridized carbons (Fsp3) is 0.333. The molecule has 0 aliphatic rings. The minimum absolute atomic E-state index is 0.0640. The summed E-state index contributed by atoms with van der Waals surface area (Å²) in [5.41, 5.74) is 2.45. The number of carbonyl (C=O) groups excluding carboxylic acids is 3. The SMILES string of the molecule is CCCNc1nc(NCCc2ccncc2)ncc1C(=O)Nc1cccc(NC(=O)CCC(=O)/C=C/CN(C)C)c1. The monoisotopic (exact) mass is 558 g/mol. The Kier molecular flexibility index (Phi) is 12.4. The van der Waals surface area contributed by atoms with E-state index in [1.54, 1.807) is 42.7 Å². The van der Waals surface area contributed by atoms with Gasteiger partial charge in [0.15, 0.2) is 5.78 Å². The lowest BCUT2D eigenvalue weighted by Gasteiger charge is -2.13. The number of nitrogens with zero attached hydrogens (tertiary/aromatic N) is 4. The molecule has 0 aliphatic carbocycles. The minimum Gasteiger partial charge on any atom is -0.369 e. The molecular formula is C30H38N8O3. The van der Waals surface area contributed by atoms with Crippen LogP contribution in [-0.2, 0) is 16.0 Å². The van der Waals surface area contributed by atoms with Crippen LogP contribution in [0.1, 0.15) is 42.1 Å². The maximum Gasteiger partial charge on any atom is 0.260 e. The fourth-order valence-electron chi connectivity index (χ4n) is 3.69. The summed E-state index contributed by atoms with van der Waals surface area (Å²) < 4.78 is 0. The van der Waals surface area contributed by atoms with E-state index in [9.17, 15) is 14.4 Å². The van der Waals surface area contributed by atoms with Crippen molar-refractivity contribution in [2.75, 3.05) is 55.0 Å². The third-order valence-corrected chi connectivity index (χ3v) is 5.80. The van der Waals surface area contributed by atoms with Crippen molar-refractivity contribution in [3.05, 3.63) is 78.3 Å². The van der Waals surface area contributed by atoms with Crippen LogP contribution in [0.15, 0.2) is 67.1 Å². The Labute approximate surface area is 240 Å². The summed E-state index contributed by atoms with van der Waals surface area (Å²) in [6.07, 6.45) is 10.1. The highest BCUT2D eigenvalue weighted by Crippen LogP contribution is 2.20. The normalized spacial score (nSPS) is 10.9. The Bertz CT molecular complexity index is 1330. The summed E-state index contributed by atoms with van der Waals surface area (Å²) in [4.78, 5) is 52.3. The van der Waals surface area contributed by atoms with Crippen molar-refractivity contribution in [3.63, 3.8) is 0 Å². The molecule has 1 aromatic carbocycles. The van der Waals surface area contributed by atoms with E-state index in [2.05, 4.69) is 36.2 Å². The van der Waals surface area contributed by atoms with Crippen molar-refractivity contribution in [1.82, 2.24) is 19.9 Å². The number of allylic oxidation sites excluding steroid dienone is 1. The number of pyridine rings is 1. The molecule has 3 rings (SSSR count). The van der Waals surface area contributed by atoms with Gasteiger partial charge in [0.2, 0.25) is 11.9 Å². The highest BCUT2D eigenvalue weighted by atomic mass is 16.2. The molecule has 11 heteroatoms. The number of rotatable bonds is 16. The number of hydrogen-bond acceptors (Lipinski definition) is 9. The maximum absolute atomic E-state index is 13.2. The maximum atomic E-state index is 13.2. The highest BCUT2D eigenvalue weighted by molar-refractivity contribution is 6.07. The van der Waals surface area contributed by atoms with Crippen molar-refractivity contribution < 1.29 is 14.4 Å². The third kappa shape index (κ3) is 11.2. The van der Waals surface area contributed by atoms with E-state index in [0.29, 0.717) is 48.3 Å². The zero-order valence-corrected chi connectivity index (χ0v) is 23.8. The third-order valence-electron chi connectivity index (χ3n) is 5.80. The molecule has 2 amide bonds. The van der Waals surface area contributed by atoms with Gasteiger partial charge in [0, 0.05) is 62.4 Å². The molecule has 0 aliphatic heterocycles. The summed E-state index contributed by atoms with van der Waals surface area (Å²) in [6.45, 7) is 3.96. The van der Waals surface area contributed by atoms with Crippen LogP contribution in [0.25, 0.3) is 0 Å². The van der Waals surface area contributed by atoms with Crippen LogP contribution >= 0.6 is 0 Å². The first-order valence-corrected chi connectivity index (χ1v) is 13.6. The number of nitrogens with one attached hydrogen (secondary N) is 4. The number of anilines is 4. The van der Waals surface area contributed by atoms with Crippen LogP contribution in [0.5, 0.6) is 0 Å². The van der Waals surface area contributed by atoms with Crippen LogP contribution < -0.4 is 21.3 Å². The first-order chi connectivity index (χ1) is 19.8. The second kappa shape index (κ2) is 16.5. The first-order valence-electron chi connectivity index (χ1n) is 13.6. The summed E-state index contributed by atoms with van der Waals surface area (Å²) in [5.74, 6) is 0.0811. The largest absolute Gasteiger partial charge is 0.369 e. The predicted octanol–water partition coefficient (Wildman–Crippen LogP) is 4.01. The van der Waals surface area contributed by atoms with Gasteiger partial charge >= 0.3 is 0 Å². The van der Waals surface area contributed by atoms with Gasteiger partial charge in [-0.3, -0.25) is 19.4 Å². The van der Waals surface area contributed by atoms with Crippen LogP contribution in [0, 0.1) is 0 Å². The Morgan fingerprint density at radius 1 is 0.951 bits per heavy atom. The van der Waals surface area contributed by atoms with Crippen LogP contribution in [0.2, 0.25) is 0 Å². The van der Waals surface area contributed by atoms with Gasteiger partial charge in [0.1, 0.15) is 11.4 Å². The number of carbonyl (C=O) groups is 3. The lowest BCUT2D eigenvalue weighted by molar-refractivity contribution is -0.120. The number of amides is 2. The average molecular weight is 559 g/mol. The van der Waals surface area contributed by atoms with Gasteiger partial charge in [-0.05, 0) is 68.9 Å². The van der Waals surface area contributed by atoms with Crippen molar-refractivity contribution in [2.24, 2.45) is 0 Å². The predicted molar refractivity (Wildman–Crippen MR) is 162 cm³/mol. The van der Waals surface area contributed by atoms with Crippen LogP contribution in [0.3, 0.4) is 0 Å². The second-order valence-corrected chi connectivity index (χ2v) is 9.63.